The van der Waals surface area contributed by atoms with Gasteiger partial charge in [0.1, 0.15) is 18.5 Å². The smallest absolute Gasteiger partial charge is 0.388 e. The zero-order valence-electron chi connectivity index (χ0n) is 26.9. The first-order chi connectivity index (χ1) is 23.5. The van der Waals surface area contributed by atoms with Crippen LogP contribution in [0.1, 0.15) is 55.1 Å². The van der Waals surface area contributed by atoms with Gasteiger partial charge in [0.15, 0.2) is 17.0 Å². The van der Waals surface area contributed by atoms with E-state index in [4.69, 9.17) is 0 Å². The maximum absolute atomic E-state index is 12.9. The summed E-state index contributed by atoms with van der Waals surface area (Å²) < 4.78 is 42.3. The standard InChI is InChI=1S/C34H38F3N9O3/c1-21(2)44-17-24(40-19-44)13-14-46(42-16-25(22-9-5-3-6-10-22)23-11-7-4-8-12-23)32-28-31(38-18-39-32)45(20-41-28)27-15-26(29(47)30(27)48)43-33(49)34(35,36)37/h3-12,17-21,25-27,29-30,42,47-48H,13-16H2,1-2H3,(H,43,49)/t26-,27+,29+,30-/m0/s1. The van der Waals surface area contributed by atoms with Gasteiger partial charge in [-0.1, -0.05) is 60.7 Å². The van der Waals surface area contributed by atoms with Crippen molar-refractivity contribution in [2.45, 2.75) is 69.1 Å². The molecular formula is C34H38F3N9O3. The molecule has 2 aromatic carbocycles. The summed E-state index contributed by atoms with van der Waals surface area (Å²) in [6.45, 7) is 5.09. The van der Waals surface area contributed by atoms with Gasteiger partial charge in [0.25, 0.3) is 0 Å². The minimum absolute atomic E-state index is 0.0149. The van der Waals surface area contributed by atoms with Crippen molar-refractivity contribution in [1.29, 1.82) is 0 Å². The van der Waals surface area contributed by atoms with Gasteiger partial charge in [0, 0.05) is 37.7 Å². The summed E-state index contributed by atoms with van der Waals surface area (Å²) >= 11 is 0. The maximum atomic E-state index is 12.9. The molecule has 1 amide bonds. The molecule has 12 nitrogen and oxygen atoms in total. The van der Waals surface area contributed by atoms with E-state index in [1.165, 1.54) is 17.2 Å². The van der Waals surface area contributed by atoms with Crippen LogP contribution < -0.4 is 15.8 Å². The number of halogens is 3. The molecule has 0 aliphatic heterocycles. The van der Waals surface area contributed by atoms with E-state index in [0.29, 0.717) is 36.5 Å². The van der Waals surface area contributed by atoms with Crippen molar-refractivity contribution in [2.24, 2.45) is 0 Å². The lowest BCUT2D eigenvalue weighted by Crippen LogP contribution is -2.48. The average molecular weight is 678 g/mol. The molecule has 4 atom stereocenters. The first kappa shape index (κ1) is 34.0. The Balaban J connectivity index is 1.31. The Hall–Kier alpha value is -4.86. The van der Waals surface area contributed by atoms with E-state index in [-0.39, 0.29) is 18.4 Å². The quantitative estimate of drug-likeness (QED) is 0.145. The Morgan fingerprint density at radius 2 is 1.63 bits per heavy atom. The topological polar surface area (TPSA) is 146 Å². The van der Waals surface area contributed by atoms with Gasteiger partial charge in [-0.2, -0.15) is 13.2 Å². The predicted molar refractivity (Wildman–Crippen MR) is 175 cm³/mol. The van der Waals surface area contributed by atoms with Crippen LogP contribution in [0.3, 0.4) is 0 Å². The van der Waals surface area contributed by atoms with Crippen molar-refractivity contribution in [3.63, 3.8) is 0 Å². The Labute approximate surface area is 280 Å². The second kappa shape index (κ2) is 14.3. The minimum Gasteiger partial charge on any atom is -0.388 e. The monoisotopic (exact) mass is 677 g/mol. The number of alkyl halides is 3. The molecule has 258 valence electrons. The molecule has 15 heteroatoms. The Kier molecular flexibility index (Phi) is 9.94. The summed E-state index contributed by atoms with van der Waals surface area (Å²) in [6.07, 6.45) is -1.29. The highest BCUT2D eigenvalue weighted by atomic mass is 19.4. The third kappa shape index (κ3) is 7.43. The van der Waals surface area contributed by atoms with Crippen molar-refractivity contribution in [2.75, 3.05) is 18.1 Å². The van der Waals surface area contributed by atoms with Crippen LogP contribution in [0.4, 0.5) is 19.0 Å². The molecule has 0 radical (unpaired) electrons. The first-order valence-corrected chi connectivity index (χ1v) is 16.1. The van der Waals surface area contributed by atoms with Gasteiger partial charge < -0.3 is 24.7 Å². The number of hydrogen-bond acceptors (Lipinski definition) is 9. The zero-order valence-corrected chi connectivity index (χ0v) is 26.9. The van der Waals surface area contributed by atoms with Crippen LogP contribution in [0, 0.1) is 0 Å². The van der Waals surface area contributed by atoms with Crippen LogP contribution in [0.2, 0.25) is 0 Å². The van der Waals surface area contributed by atoms with Crippen molar-refractivity contribution < 1.29 is 28.2 Å². The van der Waals surface area contributed by atoms with E-state index in [0.717, 1.165) is 16.8 Å². The third-order valence-corrected chi connectivity index (χ3v) is 8.91. The number of rotatable bonds is 12. The summed E-state index contributed by atoms with van der Waals surface area (Å²) in [7, 11) is 0. The Bertz CT molecular complexity index is 1810. The number of aliphatic hydroxyl groups is 2. The second-order valence-electron chi connectivity index (χ2n) is 12.4. The number of nitrogens with zero attached hydrogens (tertiary/aromatic N) is 7. The highest BCUT2D eigenvalue weighted by molar-refractivity contribution is 5.83. The summed E-state index contributed by atoms with van der Waals surface area (Å²) in [6, 6.07) is 18.3. The largest absolute Gasteiger partial charge is 0.471 e. The van der Waals surface area contributed by atoms with Crippen molar-refractivity contribution in [1.82, 2.24) is 39.8 Å². The van der Waals surface area contributed by atoms with Crippen molar-refractivity contribution in [3.05, 3.63) is 103 Å². The molecule has 3 heterocycles. The van der Waals surface area contributed by atoms with Crippen LogP contribution in [0.5, 0.6) is 0 Å². The highest BCUT2D eigenvalue weighted by Gasteiger charge is 2.47. The molecule has 0 spiro atoms. The number of hydrazine groups is 1. The molecule has 4 N–H and O–H groups in total. The molecule has 1 aliphatic carbocycles. The number of hydrogen-bond donors (Lipinski definition) is 4. The van der Waals surface area contributed by atoms with Crippen LogP contribution in [0.15, 0.2) is 85.8 Å². The molecule has 1 fully saturated rings. The Morgan fingerprint density at radius 1 is 0.959 bits per heavy atom. The lowest BCUT2D eigenvalue weighted by Gasteiger charge is -2.28. The van der Waals surface area contributed by atoms with Gasteiger partial charge in [0.05, 0.1) is 30.4 Å². The third-order valence-electron chi connectivity index (χ3n) is 8.91. The van der Waals surface area contributed by atoms with E-state index in [2.05, 4.69) is 63.5 Å². The number of aromatic nitrogens is 6. The fourth-order valence-corrected chi connectivity index (χ4v) is 6.23. The van der Waals surface area contributed by atoms with E-state index in [9.17, 15) is 28.2 Å². The molecular weight excluding hydrogens is 639 g/mol. The summed E-state index contributed by atoms with van der Waals surface area (Å²) in [5, 5.41) is 25.1. The molecule has 0 unspecified atom stereocenters. The lowest BCUT2D eigenvalue weighted by atomic mass is 9.91. The van der Waals surface area contributed by atoms with Crippen LogP contribution in [0.25, 0.3) is 11.2 Å². The van der Waals surface area contributed by atoms with Crippen molar-refractivity contribution >= 4 is 22.9 Å². The summed E-state index contributed by atoms with van der Waals surface area (Å²) in [5.41, 5.74) is 7.39. The average Bonchev–Trinajstić information content (AvgIpc) is 3.82. The molecule has 49 heavy (non-hydrogen) atoms. The first-order valence-electron chi connectivity index (χ1n) is 16.1. The van der Waals surface area contributed by atoms with Crippen LogP contribution >= 0.6 is 0 Å². The number of benzene rings is 2. The number of fused-ring (bicyclic) bond motifs is 1. The van der Waals surface area contributed by atoms with E-state index >= 15 is 0 Å². The van der Waals surface area contributed by atoms with Gasteiger partial charge in [-0.15, -0.1) is 0 Å². The van der Waals surface area contributed by atoms with Gasteiger partial charge >= 0.3 is 12.1 Å². The zero-order chi connectivity index (χ0) is 34.7. The fourth-order valence-electron chi connectivity index (χ4n) is 6.23. The van der Waals surface area contributed by atoms with Crippen molar-refractivity contribution in [3.8, 4) is 0 Å². The Morgan fingerprint density at radius 3 is 2.24 bits per heavy atom. The number of anilines is 1. The predicted octanol–water partition coefficient (Wildman–Crippen LogP) is 3.70. The van der Waals surface area contributed by atoms with E-state index < -0.39 is 36.4 Å². The lowest BCUT2D eigenvalue weighted by molar-refractivity contribution is -0.175. The molecule has 0 saturated heterocycles. The maximum Gasteiger partial charge on any atom is 0.471 e. The molecule has 5 aromatic rings. The van der Waals surface area contributed by atoms with Gasteiger partial charge in [-0.3, -0.25) is 9.80 Å². The summed E-state index contributed by atoms with van der Waals surface area (Å²) in [4.78, 5) is 29.7. The molecule has 1 aliphatic rings. The van der Waals surface area contributed by atoms with Gasteiger partial charge in [-0.05, 0) is 31.4 Å². The number of nitrogens with one attached hydrogen (secondary N) is 2. The molecule has 3 aromatic heterocycles. The highest BCUT2D eigenvalue weighted by Crippen LogP contribution is 2.35. The molecule has 0 bridgehead atoms. The second-order valence-corrected chi connectivity index (χ2v) is 12.4. The number of carbonyl (C=O) groups excluding carboxylic acids is 1. The van der Waals surface area contributed by atoms with E-state index in [1.54, 1.807) is 11.6 Å². The fraction of sp³-hybridized carbons (Fsp3) is 0.382. The summed E-state index contributed by atoms with van der Waals surface area (Å²) in [5.74, 6) is -1.76. The van der Waals surface area contributed by atoms with Crippen LogP contribution in [-0.4, -0.2) is 82.7 Å². The van der Waals surface area contributed by atoms with Gasteiger partial charge in [0.2, 0.25) is 0 Å². The number of imidazole rings is 2. The number of carbonyl (C=O) groups is 1. The molecule has 6 rings (SSSR count). The SMILES string of the molecule is CC(C)n1cnc(CCN(NCC(c2ccccc2)c2ccccc2)c2ncnc3c2ncn3[C@@H]2C[C@H](NC(=O)C(F)(F)F)[C@@H](O)[C@H]2O)c1. The van der Waals surface area contributed by atoms with Gasteiger partial charge in [-0.25, -0.2) is 25.4 Å². The molecule has 1 saturated carbocycles. The minimum atomic E-state index is -5.13. The number of amides is 1. The van der Waals surface area contributed by atoms with Crippen LogP contribution in [-0.2, 0) is 11.2 Å². The normalized spacial score (nSPS) is 19.6. The van der Waals surface area contributed by atoms with E-state index in [1.807, 2.05) is 52.2 Å². The number of aliphatic hydroxyl groups excluding tert-OH is 2.